The molecule has 0 saturated carbocycles. The van der Waals surface area contributed by atoms with Gasteiger partial charge in [0.1, 0.15) is 0 Å². The second kappa shape index (κ2) is 5.52. The second-order valence-electron chi connectivity index (χ2n) is 2.62. The van der Waals surface area contributed by atoms with Crippen LogP contribution >= 0.6 is 15.9 Å². The molecule has 8 heteroatoms. The van der Waals surface area contributed by atoms with Crippen molar-refractivity contribution in [3.05, 3.63) is 0 Å². The van der Waals surface area contributed by atoms with Crippen molar-refractivity contribution in [3.63, 3.8) is 0 Å². The summed E-state index contributed by atoms with van der Waals surface area (Å²) in [6.45, 7) is 1.70. The van der Waals surface area contributed by atoms with Crippen molar-refractivity contribution in [2.75, 3.05) is 19.5 Å². The molecular formula is C6H13BrN2O4S. The van der Waals surface area contributed by atoms with Gasteiger partial charge in [-0.15, -0.1) is 0 Å². The van der Waals surface area contributed by atoms with Crippen LogP contribution in [-0.2, 0) is 14.9 Å². The van der Waals surface area contributed by atoms with Gasteiger partial charge in [-0.2, -0.15) is 12.7 Å². The fourth-order valence-corrected chi connectivity index (χ4v) is 2.17. The lowest BCUT2D eigenvalue weighted by atomic mass is 10.4. The fourth-order valence-electron chi connectivity index (χ4n) is 0.553. The Bertz CT molecular complexity index is 292. The predicted octanol–water partition coefficient (Wildman–Crippen LogP) is 0.302. The number of alkyl halides is 1. The Hall–Kier alpha value is -0.340. The van der Waals surface area contributed by atoms with Gasteiger partial charge in [0.05, 0.1) is 7.11 Å². The lowest BCUT2D eigenvalue weighted by Gasteiger charge is -2.21. The molecule has 1 amide bonds. The number of carbonyl (C=O) groups is 1. The summed E-state index contributed by atoms with van der Waals surface area (Å²) >= 11 is 3.14. The molecule has 1 unspecified atom stereocenters. The van der Waals surface area contributed by atoms with Crippen molar-refractivity contribution < 1.29 is 17.9 Å². The Morgan fingerprint density at radius 1 is 1.64 bits per heavy atom. The van der Waals surface area contributed by atoms with Crippen LogP contribution in [0.4, 0.5) is 4.79 Å². The molecule has 84 valence electrons. The van der Waals surface area contributed by atoms with Gasteiger partial charge >= 0.3 is 16.3 Å². The molecular weight excluding hydrogens is 276 g/mol. The first-order valence-corrected chi connectivity index (χ1v) is 6.31. The van der Waals surface area contributed by atoms with Gasteiger partial charge in [-0.1, -0.05) is 15.9 Å². The molecule has 0 aliphatic rings. The third kappa shape index (κ3) is 3.81. The van der Waals surface area contributed by atoms with Crippen molar-refractivity contribution >= 4 is 32.2 Å². The summed E-state index contributed by atoms with van der Waals surface area (Å²) in [4.78, 5) is 10.7. The maximum absolute atomic E-state index is 11.4. The summed E-state index contributed by atoms with van der Waals surface area (Å²) in [5.41, 5.74) is 0. The van der Waals surface area contributed by atoms with Crippen LogP contribution < -0.4 is 4.72 Å². The van der Waals surface area contributed by atoms with Crippen LogP contribution in [0.25, 0.3) is 0 Å². The third-order valence-corrected chi connectivity index (χ3v) is 4.10. The van der Waals surface area contributed by atoms with Crippen LogP contribution in [0.15, 0.2) is 0 Å². The van der Waals surface area contributed by atoms with E-state index in [1.807, 2.05) is 0 Å². The molecule has 1 N–H and O–H groups in total. The lowest BCUT2D eigenvalue weighted by molar-refractivity contribution is 0.177. The average Bonchev–Trinajstić information content (AvgIpc) is 2.14. The zero-order valence-electron chi connectivity index (χ0n) is 8.15. The standard InChI is InChI=1S/C6H13BrN2O4S/c1-5(4-7)9(2)14(11,12)8-6(10)13-3/h5H,4H2,1-3H3,(H,8,10). The molecule has 0 spiro atoms. The molecule has 14 heavy (non-hydrogen) atoms. The molecule has 0 fully saturated rings. The first kappa shape index (κ1) is 13.7. The summed E-state index contributed by atoms with van der Waals surface area (Å²) in [6.07, 6.45) is -1.00. The van der Waals surface area contributed by atoms with Gasteiger partial charge in [-0.05, 0) is 6.92 Å². The molecule has 0 saturated heterocycles. The highest BCUT2D eigenvalue weighted by Crippen LogP contribution is 2.04. The number of rotatable bonds is 4. The largest absolute Gasteiger partial charge is 0.452 e. The molecule has 0 aromatic carbocycles. The van der Waals surface area contributed by atoms with Crippen LogP contribution in [0.5, 0.6) is 0 Å². The van der Waals surface area contributed by atoms with Gasteiger partial charge in [0.25, 0.3) is 0 Å². The topological polar surface area (TPSA) is 75.7 Å². The Kier molecular flexibility index (Phi) is 5.38. The van der Waals surface area contributed by atoms with E-state index in [0.717, 1.165) is 11.4 Å². The number of hydrogen-bond acceptors (Lipinski definition) is 4. The molecule has 0 rings (SSSR count). The minimum atomic E-state index is -3.80. The number of carbonyl (C=O) groups excluding carboxylic acids is 1. The molecule has 0 aromatic heterocycles. The van der Waals surface area contributed by atoms with Gasteiger partial charge in [-0.25, -0.2) is 9.52 Å². The molecule has 0 aliphatic heterocycles. The number of amides is 1. The van der Waals surface area contributed by atoms with Crippen LogP contribution in [0.3, 0.4) is 0 Å². The SMILES string of the molecule is COC(=O)NS(=O)(=O)N(C)C(C)CBr. The van der Waals surface area contributed by atoms with Gasteiger partial charge < -0.3 is 4.74 Å². The Morgan fingerprint density at radius 2 is 2.14 bits per heavy atom. The van der Waals surface area contributed by atoms with Gasteiger partial charge in [0.15, 0.2) is 0 Å². The van der Waals surface area contributed by atoms with Crippen LogP contribution in [0.1, 0.15) is 6.92 Å². The number of ether oxygens (including phenoxy) is 1. The quantitative estimate of drug-likeness (QED) is 0.755. The fraction of sp³-hybridized carbons (Fsp3) is 0.833. The maximum Gasteiger partial charge on any atom is 0.421 e. The zero-order chi connectivity index (χ0) is 11.4. The number of methoxy groups -OCH3 is 1. The Morgan fingerprint density at radius 3 is 2.50 bits per heavy atom. The van der Waals surface area contributed by atoms with E-state index < -0.39 is 16.3 Å². The summed E-state index contributed by atoms with van der Waals surface area (Å²) in [7, 11) is -1.34. The number of nitrogens with one attached hydrogen (secondary N) is 1. The van der Waals surface area contributed by atoms with Crippen LogP contribution in [0.2, 0.25) is 0 Å². The monoisotopic (exact) mass is 288 g/mol. The number of halogens is 1. The molecule has 6 nitrogen and oxygen atoms in total. The van der Waals surface area contributed by atoms with Gasteiger partial charge in [-0.3, -0.25) is 0 Å². The van der Waals surface area contributed by atoms with E-state index >= 15 is 0 Å². The van der Waals surface area contributed by atoms with Crippen LogP contribution in [-0.4, -0.2) is 44.3 Å². The molecule has 0 radical (unpaired) electrons. The highest BCUT2D eigenvalue weighted by molar-refractivity contribution is 9.09. The summed E-state index contributed by atoms with van der Waals surface area (Å²) in [6, 6.07) is -0.253. The minimum Gasteiger partial charge on any atom is -0.452 e. The molecule has 0 aromatic rings. The van der Waals surface area contributed by atoms with Crippen molar-refractivity contribution in [2.45, 2.75) is 13.0 Å². The van der Waals surface area contributed by atoms with Gasteiger partial charge in [0, 0.05) is 18.4 Å². The van der Waals surface area contributed by atoms with Crippen molar-refractivity contribution in [3.8, 4) is 0 Å². The van der Waals surface area contributed by atoms with E-state index in [4.69, 9.17) is 0 Å². The summed E-state index contributed by atoms with van der Waals surface area (Å²) in [5.74, 6) is 0. The third-order valence-electron chi connectivity index (χ3n) is 1.62. The van der Waals surface area contributed by atoms with E-state index in [1.165, 1.54) is 7.05 Å². The number of nitrogens with zero attached hydrogens (tertiary/aromatic N) is 1. The maximum atomic E-state index is 11.4. The zero-order valence-corrected chi connectivity index (χ0v) is 10.6. The van der Waals surface area contributed by atoms with Crippen molar-refractivity contribution in [2.24, 2.45) is 0 Å². The lowest BCUT2D eigenvalue weighted by Crippen LogP contribution is -2.45. The van der Waals surface area contributed by atoms with E-state index in [0.29, 0.717) is 5.33 Å². The Balaban J connectivity index is 4.54. The van der Waals surface area contributed by atoms with Crippen LogP contribution in [0, 0.1) is 0 Å². The average molecular weight is 289 g/mol. The normalized spacial score (nSPS) is 13.8. The van der Waals surface area contributed by atoms with E-state index in [-0.39, 0.29) is 6.04 Å². The summed E-state index contributed by atoms with van der Waals surface area (Å²) in [5, 5.41) is 0.478. The predicted molar refractivity (Wildman–Crippen MR) is 55.5 cm³/mol. The molecule has 0 aliphatic carbocycles. The first-order chi connectivity index (χ1) is 6.35. The van der Waals surface area contributed by atoms with Gasteiger partial charge in [0.2, 0.25) is 0 Å². The first-order valence-electron chi connectivity index (χ1n) is 3.74. The smallest absolute Gasteiger partial charge is 0.421 e. The molecule has 1 atom stereocenters. The molecule has 0 bridgehead atoms. The van der Waals surface area contributed by atoms with Crippen molar-refractivity contribution in [1.82, 2.24) is 9.03 Å². The van der Waals surface area contributed by atoms with E-state index in [1.54, 1.807) is 11.6 Å². The Labute approximate surface area is 91.9 Å². The highest BCUT2D eigenvalue weighted by atomic mass is 79.9. The van der Waals surface area contributed by atoms with E-state index in [9.17, 15) is 13.2 Å². The van der Waals surface area contributed by atoms with E-state index in [2.05, 4.69) is 20.7 Å². The summed E-state index contributed by atoms with van der Waals surface area (Å²) < 4.78 is 29.7. The minimum absolute atomic E-state index is 0.253. The number of hydrogen-bond donors (Lipinski definition) is 1. The second-order valence-corrected chi connectivity index (χ2v) is 5.00. The van der Waals surface area contributed by atoms with Crippen molar-refractivity contribution in [1.29, 1.82) is 0 Å². The highest BCUT2D eigenvalue weighted by Gasteiger charge is 2.24. The molecule has 0 heterocycles.